The number of carbonyl (C=O) groups excluding carboxylic acids is 1. The summed E-state index contributed by atoms with van der Waals surface area (Å²) < 4.78 is 0. The van der Waals surface area contributed by atoms with Crippen LogP contribution >= 0.6 is 11.8 Å². The van der Waals surface area contributed by atoms with Gasteiger partial charge < -0.3 is 9.88 Å². The van der Waals surface area contributed by atoms with Crippen molar-refractivity contribution in [3.63, 3.8) is 0 Å². The zero-order valence-corrected chi connectivity index (χ0v) is 13.1. The maximum absolute atomic E-state index is 12.4. The number of H-pyrrole nitrogens is 1. The Morgan fingerprint density at radius 3 is 2.96 bits per heavy atom. The van der Waals surface area contributed by atoms with Gasteiger partial charge in [0.1, 0.15) is 11.6 Å². The Hall–Kier alpha value is -2.59. The number of carbonyl (C=O) groups is 1. The van der Waals surface area contributed by atoms with Crippen LogP contribution in [0, 0.1) is 11.3 Å². The van der Waals surface area contributed by atoms with Gasteiger partial charge in [-0.1, -0.05) is 0 Å². The fraction of sp³-hybridized carbons (Fsp3) is 0.250. The van der Waals surface area contributed by atoms with Crippen LogP contribution in [0.15, 0.2) is 40.3 Å². The molecule has 1 N–H and O–H groups in total. The monoisotopic (exact) mass is 326 g/mol. The highest BCUT2D eigenvalue weighted by molar-refractivity contribution is 8.00. The first-order valence-corrected chi connectivity index (χ1v) is 8.11. The Bertz CT molecular complexity index is 826. The van der Waals surface area contributed by atoms with Crippen LogP contribution < -0.4 is 5.56 Å². The first-order valence-electron chi connectivity index (χ1n) is 7.13. The molecule has 7 heteroatoms. The van der Waals surface area contributed by atoms with Gasteiger partial charge in [0.25, 0.3) is 5.56 Å². The van der Waals surface area contributed by atoms with E-state index in [9.17, 15) is 9.59 Å². The molecule has 3 rings (SSSR count). The van der Waals surface area contributed by atoms with E-state index in [0.717, 1.165) is 16.2 Å². The van der Waals surface area contributed by atoms with E-state index in [1.54, 1.807) is 23.4 Å². The summed E-state index contributed by atoms with van der Waals surface area (Å²) in [6, 6.07) is 7.20. The largest absolute Gasteiger partial charge is 0.337 e. The lowest BCUT2D eigenvalue weighted by atomic mass is 10.0. The van der Waals surface area contributed by atoms with Gasteiger partial charge in [-0.2, -0.15) is 5.26 Å². The van der Waals surface area contributed by atoms with Crippen molar-refractivity contribution in [3.8, 4) is 6.07 Å². The molecule has 0 saturated carbocycles. The summed E-state index contributed by atoms with van der Waals surface area (Å²) in [5, 5.41) is 8.95. The van der Waals surface area contributed by atoms with Gasteiger partial charge in [-0.25, -0.2) is 0 Å². The summed E-state index contributed by atoms with van der Waals surface area (Å²) >= 11 is 1.47. The van der Waals surface area contributed by atoms with Gasteiger partial charge in [-0.05, 0) is 23.8 Å². The van der Waals surface area contributed by atoms with E-state index in [2.05, 4.69) is 9.97 Å². The molecule has 1 amide bonds. The predicted octanol–water partition coefficient (Wildman–Crippen LogP) is 1.32. The van der Waals surface area contributed by atoms with Crippen LogP contribution in [0.5, 0.6) is 0 Å². The molecule has 116 valence electrons. The zero-order chi connectivity index (χ0) is 16.2. The summed E-state index contributed by atoms with van der Waals surface area (Å²) in [6.45, 7) is 1.00. The molecule has 0 aromatic carbocycles. The number of hydrogen-bond donors (Lipinski definition) is 1. The number of nitrogens with zero attached hydrogens (tertiary/aromatic N) is 3. The molecule has 1 aliphatic rings. The Morgan fingerprint density at radius 2 is 2.22 bits per heavy atom. The molecular formula is C16H14N4O2S. The Morgan fingerprint density at radius 1 is 1.43 bits per heavy atom. The third-order valence-corrected chi connectivity index (χ3v) is 4.69. The lowest BCUT2D eigenvalue weighted by molar-refractivity contribution is -0.129. The third-order valence-electron chi connectivity index (χ3n) is 3.69. The van der Waals surface area contributed by atoms with Gasteiger partial charge in [0, 0.05) is 42.5 Å². The summed E-state index contributed by atoms with van der Waals surface area (Å²) in [5.41, 5.74) is 1.39. The minimum absolute atomic E-state index is 0.0437. The van der Waals surface area contributed by atoms with Gasteiger partial charge in [-0.3, -0.25) is 14.6 Å². The number of fused-ring (bicyclic) bond motifs is 1. The first kappa shape index (κ1) is 15.3. The average Bonchev–Trinajstić information content (AvgIpc) is 2.59. The topological polar surface area (TPSA) is 89.9 Å². The fourth-order valence-corrected chi connectivity index (χ4v) is 3.26. The molecule has 0 fully saturated rings. The van der Waals surface area contributed by atoms with Crippen LogP contribution in [-0.2, 0) is 17.8 Å². The maximum Gasteiger partial charge on any atom is 0.266 e. The predicted molar refractivity (Wildman–Crippen MR) is 85.9 cm³/mol. The summed E-state index contributed by atoms with van der Waals surface area (Å²) in [6.07, 6.45) is 4.00. The van der Waals surface area contributed by atoms with Crippen LogP contribution in [0.2, 0.25) is 0 Å². The number of hydrogen-bond acceptors (Lipinski definition) is 5. The number of nitrogens with one attached hydrogen (secondary N) is 1. The lowest BCUT2D eigenvalue weighted by Crippen LogP contribution is -2.38. The molecule has 0 atom stereocenters. The van der Waals surface area contributed by atoms with Crippen molar-refractivity contribution < 1.29 is 4.79 Å². The molecule has 0 aliphatic carbocycles. The maximum atomic E-state index is 12.4. The van der Waals surface area contributed by atoms with E-state index in [0.29, 0.717) is 25.3 Å². The average molecular weight is 326 g/mol. The molecule has 23 heavy (non-hydrogen) atoms. The summed E-state index contributed by atoms with van der Waals surface area (Å²) in [4.78, 5) is 33.4. The molecule has 2 aromatic heterocycles. The second-order valence-corrected chi connectivity index (χ2v) is 6.21. The number of aromatic amines is 1. The second-order valence-electron chi connectivity index (χ2n) is 5.16. The quantitative estimate of drug-likeness (QED) is 0.859. The van der Waals surface area contributed by atoms with E-state index >= 15 is 0 Å². The SMILES string of the molecule is N#Cc1cc2c([nH]c1=O)CCN(C(=O)CSc1ccncc1)C2. The van der Waals surface area contributed by atoms with Gasteiger partial charge in [-0.15, -0.1) is 11.8 Å². The number of amides is 1. The van der Waals surface area contributed by atoms with Crippen LogP contribution in [0.3, 0.4) is 0 Å². The fourth-order valence-electron chi connectivity index (χ4n) is 2.47. The van der Waals surface area contributed by atoms with Crippen molar-refractivity contribution >= 4 is 17.7 Å². The van der Waals surface area contributed by atoms with Crippen molar-refractivity contribution in [2.24, 2.45) is 0 Å². The smallest absolute Gasteiger partial charge is 0.266 e. The van der Waals surface area contributed by atoms with Crippen molar-refractivity contribution in [2.75, 3.05) is 12.3 Å². The summed E-state index contributed by atoms with van der Waals surface area (Å²) in [5.74, 6) is 0.399. The van der Waals surface area contributed by atoms with Crippen LogP contribution in [0.1, 0.15) is 16.8 Å². The first-order chi connectivity index (χ1) is 11.2. The van der Waals surface area contributed by atoms with Gasteiger partial charge in [0.15, 0.2) is 0 Å². The van der Waals surface area contributed by atoms with Crippen molar-refractivity contribution in [2.45, 2.75) is 17.9 Å². The molecule has 0 spiro atoms. The second kappa shape index (κ2) is 6.67. The van der Waals surface area contributed by atoms with Gasteiger partial charge in [0.2, 0.25) is 5.91 Å². The van der Waals surface area contributed by atoms with Crippen LogP contribution in [-0.4, -0.2) is 33.1 Å². The number of thioether (sulfide) groups is 1. The Balaban J connectivity index is 1.68. The molecule has 0 bridgehead atoms. The molecular weight excluding hydrogens is 312 g/mol. The van der Waals surface area contributed by atoms with Gasteiger partial charge in [0.05, 0.1) is 5.75 Å². The zero-order valence-electron chi connectivity index (χ0n) is 12.3. The van der Waals surface area contributed by atoms with Crippen molar-refractivity contribution in [3.05, 3.63) is 57.8 Å². The minimum atomic E-state index is -0.362. The molecule has 1 aliphatic heterocycles. The molecule has 3 heterocycles. The minimum Gasteiger partial charge on any atom is -0.337 e. The molecule has 0 saturated heterocycles. The number of rotatable bonds is 3. The standard InChI is InChI=1S/C16H14N4O2S/c17-8-11-7-12-9-20(6-3-14(12)19-16(11)22)15(21)10-23-13-1-4-18-5-2-13/h1-2,4-5,7H,3,6,9-10H2,(H,19,22). The van der Waals surface area contributed by atoms with E-state index in [-0.39, 0.29) is 17.0 Å². The highest BCUT2D eigenvalue weighted by Crippen LogP contribution is 2.20. The number of pyridine rings is 2. The highest BCUT2D eigenvalue weighted by Gasteiger charge is 2.22. The lowest BCUT2D eigenvalue weighted by Gasteiger charge is -2.28. The van der Waals surface area contributed by atoms with Crippen molar-refractivity contribution in [1.29, 1.82) is 5.26 Å². The normalized spacial score (nSPS) is 13.3. The van der Waals surface area contributed by atoms with E-state index in [4.69, 9.17) is 5.26 Å². The third kappa shape index (κ3) is 3.43. The molecule has 0 radical (unpaired) electrons. The van der Waals surface area contributed by atoms with Gasteiger partial charge >= 0.3 is 0 Å². The van der Waals surface area contributed by atoms with Crippen molar-refractivity contribution in [1.82, 2.24) is 14.9 Å². The van der Waals surface area contributed by atoms with Crippen LogP contribution in [0.25, 0.3) is 0 Å². The number of aromatic nitrogens is 2. The van der Waals surface area contributed by atoms with E-state index < -0.39 is 0 Å². The molecule has 2 aromatic rings. The number of nitriles is 1. The summed E-state index contributed by atoms with van der Waals surface area (Å²) in [7, 11) is 0. The Kier molecular flexibility index (Phi) is 4.44. The van der Waals surface area contributed by atoms with E-state index in [1.165, 1.54) is 11.8 Å². The molecule has 6 nitrogen and oxygen atoms in total. The Labute approximate surface area is 137 Å². The van der Waals surface area contributed by atoms with E-state index in [1.807, 2.05) is 18.2 Å². The highest BCUT2D eigenvalue weighted by atomic mass is 32.2. The van der Waals surface area contributed by atoms with Crippen LogP contribution in [0.4, 0.5) is 0 Å². The molecule has 0 unspecified atom stereocenters.